The molecular weight excluding hydrogens is 518 g/mol. The van der Waals surface area contributed by atoms with Gasteiger partial charge in [-0.2, -0.15) is 0 Å². The van der Waals surface area contributed by atoms with Crippen LogP contribution in [0.4, 0.5) is 0 Å². The summed E-state index contributed by atoms with van der Waals surface area (Å²) in [4.78, 5) is 0. The zero-order chi connectivity index (χ0) is 23.9. The van der Waals surface area contributed by atoms with E-state index in [4.69, 9.17) is 0 Å². The molecule has 0 aliphatic carbocycles. The van der Waals surface area contributed by atoms with E-state index >= 15 is 0 Å². The topological polar surface area (TPSA) is 0 Å². The van der Waals surface area contributed by atoms with Gasteiger partial charge < -0.3 is 0 Å². The first-order valence-corrected chi connectivity index (χ1v) is 18.4. The Kier molecular flexibility index (Phi) is 11.2. The maximum atomic E-state index is 3.68. The molecule has 4 aromatic carbocycles. The van der Waals surface area contributed by atoms with E-state index in [1.165, 1.54) is 52.6 Å². The minimum absolute atomic E-state index is 1.20. The van der Waals surface area contributed by atoms with Crippen molar-refractivity contribution in [3.05, 3.63) is 134 Å². The van der Waals surface area contributed by atoms with E-state index in [2.05, 4.69) is 135 Å². The van der Waals surface area contributed by atoms with Gasteiger partial charge in [0.25, 0.3) is 0 Å². The summed E-state index contributed by atoms with van der Waals surface area (Å²) in [5.74, 6) is 0. The third-order valence-corrected chi connectivity index (χ3v) is 20.0. The van der Waals surface area contributed by atoms with Gasteiger partial charge in [-0.25, -0.2) is 0 Å². The summed E-state index contributed by atoms with van der Waals surface area (Å²) in [6.45, 7) is 5.92. The zero-order valence-corrected chi connectivity index (χ0v) is 23.4. The molecule has 0 N–H and O–H groups in total. The second-order valence-corrected chi connectivity index (χ2v) is 19.6. The van der Waals surface area contributed by atoms with Gasteiger partial charge >= 0.3 is 154 Å². The molecule has 0 aromatic heterocycles. The number of benzene rings is 4. The van der Waals surface area contributed by atoms with Crippen LogP contribution in [0.25, 0.3) is 0 Å². The van der Waals surface area contributed by atoms with E-state index in [0.29, 0.717) is 0 Å². The number of allylic oxidation sites excluding steroid dienone is 1. The van der Waals surface area contributed by atoms with Crippen molar-refractivity contribution >= 4 is 32.8 Å². The number of hydrogen-bond acceptors (Lipinski definition) is 0. The Balaban J connectivity index is 0.000000309. The molecule has 0 atom stereocenters. The van der Waals surface area contributed by atoms with Gasteiger partial charge in [0.15, 0.2) is 0 Å². The third kappa shape index (κ3) is 6.74. The van der Waals surface area contributed by atoms with Gasteiger partial charge in [-0.3, -0.25) is 0 Å². The quantitative estimate of drug-likeness (QED) is 0.122. The summed E-state index contributed by atoms with van der Waals surface area (Å²) < 4.78 is 5.95. The third-order valence-electron chi connectivity index (χ3n) is 6.34. The van der Waals surface area contributed by atoms with Crippen molar-refractivity contribution in [2.75, 3.05) is 0 Å². The Morgan fingerprint density at radius 1 is 0.500 bits per heavy atom. The van der Waals surface area contributed by atoms with E-state index in [1.807, 2.05) is 6.08 Å². The Morgan fingerprint density at radius 2 is 0.824 bits per heavy atom. The van der Waals surface area contributed by atoms with Crippen LogP contribution in [0.5, 0.6) is 0 Å². The van der Waals surface area contributed by atoms with Crippen LogP contribution < -0.4 is 14.0 Å². The van der Waals surface area contributed by atoms with E-state index in [1.54, 1.807) is 0 Å². The van der Waals surface area contributed by atoms with Crippen LogP contribution in [-0.4, -0.2) is 18.8 Å². The van der Waals surface area contributed by atoms with Crippen LogP contribution in [-0.2, 0) is 0 Å². The Morgan fingerprint density at radius 3 is 1.12 bits per heavy atom. The molecule has 4 rings (SSSR count). The molecule has 0 saturated carbocycles. The molecule has 0 amide bonds. The van der Waals surface area contributed by atoms with Crippen molar-refractivity contribution in [1.29, 1.82) is 0 Å². The first-order valence-electron chi connectivity index (χ1n) is 12.7. The monoisotopic (exact) mass is 556 g/mol. The summed E-state index contributed by atoms with van der Waals surface area (Å²) in [7, 11) is 0. The SMILES string of the molecule is C=CCCCCCCC.c1cc[c]([SbH]([c]2ccccc2)([c]2ccccc2)[c]2ccccc2)cc1. The average Bonchev–Trinajstić information content (AvgIpc) is 2.92. The van der Waals surface area contributed by atoms with Gasteiger partial charge in [0, 0.05) is 0 Å². The van der Waals surface area contributed by atoms with Crippen molar-refractivity contribution in [2.24, 2.45) is 0 Å². The molecule has 0 aliphatic heterocycles. The fourth-order valence-corrected chi connectivity index (χ4v) is 18.3. The summed E-state index contributed by atoms with van der Waals surface area (Å²) >= 11 is -3.31. The van der Waals surface area contributed by atoms with E-state index in [9.17, 15) is 0 Å². The summed E-state index contributed by atoms with van der Waals surface area (Å²) in [5, 5.41) is 0. The van der Waals surface area contributed by atoms with Crippen LogP contribution in [0, 0.1) is 0 Å². The molecule has 1 heteroatoms. The van der Waals surface area contributed by atoms with Crippen LogP contribution in [0.2, 0.25) is 0 Å². The molecule has 0 spiro atoms. The van der Waals surface area contributed by atoms with Gasteiger partial charge in [-0.05, 0) is 12.8 Å². The molecule has 0 saturated heterocycles. The van der Waals surface area contributed by atoms with Crippen molar-refractivity contribution in [1.82, 2.24) is 0 Å². The molecule has 0 nitrogen and oxygen atoms in total. The fourth-order valence-electron chi connectivity index (χ4n) is 4.64. The van der Waals surface area contributed by atoms with E-state index in [-0.39, 0.29) is 0 Å². The number of rotatable bonds is 10. The molecule has 176 valence electrons. The second kappa shape index (κ2) is 14.6. The fraction of sp³-hybridized carbons (Fsp3) is 0.212. The van der Waals surface area contributed by atoms with Crippen molar-refractivity contribution in [3.8, 4) is 0 Å². The Hall–Kier alpha value is -2.56. The molecule has 34 heavy (non-hydrogen) atoms. The molecule has 0 bridgehead atoms. The van der Waals surface area contributed by atoms with Crippen molar-refractivity contribution in [2.45, 2.75) is 45.4 Å². The van der Waals surface area contributed by atoms with Gasteiger partial charge in [0.1, 0.15) is 0 Å². The van der Waals surface area contributed by atoms with Crippen LogP contribution in [0.15, 0.2) is 134 Å². The normalized spacial score (nSPS) is 11.2. The van der Waals surface area contributed by atoms with Crippen LogP contribution in [0.1, 0.15) is 45.4 Å². The number of hydrogen-bond donors (Lipinski definition) is 0. The molecule has 0 aliphatic rings. The second-order valence-electron chi connectivity index (χ2n) is 8.71. The summed E-state index contributed by atoms with van der Waals surface area (Å²) in [6, 6.07) is 44.4. The number of unbranched alkanes of at least 4 members (excludes halogenated alkanes) is 5. The molecule has 0 unspecified atom stereocenters. The molecular formula is C33H39Sb. The summed E-state index contributed by atoms with van der Waals surface area (Å²) in [6.07, 6.45) is 10.1. The molecule has 0 fully saturated rings. The molecule has 4 aromatic rings. The van der Waals surface area contributed by atoms with E-state index in [0.717, 1.165) is 0 Å². The maximum absolute atomic E-state index is 3.68. The van der Waals surface area contributed by atoms with Crippen molar-refractivity contribution < 1.29 is 0 Å². The van der Waals surface area contributed by atoms with E-state index < -0.39 is 18.8 Å². The van der Waals surface area contributed by atoms with Gasteiger partial charge in [-0.15, -0.1) is 6.58 Å². The zero-order valence-electron chi connectivity index (χ0n) is 20.6. The first kappa shape index (κ1) is 26.1. The van der Waals surface area contributed by atoms with Crippen molar-refractivity contribution in [3.63, 3.8) is 0 Å². The van der Waals surface area contributed by atoms with Crippen LogP contribution >= 0.6 is 0 Å². The predicted octanol–water partition coefficient (Wildman–Crippen LogP) is 6.33. The Bertz CT molecular complexity index is 893. The summed E-state index contributed by atoms with van der Waals surface area (Å²) in [5.41, 5.74) is 0. The van der Waals surface area contributed by atoms with Gasteiger partial charge in [-0.1, -0.05) is 38.7 Å². The average molecular weight is 557 g/mol. The molecule has 0 radical (unpaired) electrons. The van der Waals surface area contributed by atoms with Gasteiger partial charge in [0.2, 0.25) is 0 Å². The van der Waals surface area contributed by atoms with Gasteiger partial charge in [0.05, 0.1) is 0 Å². The molecule has 0 heterocycles. The standard InChI is InChI=1S/C9H18.4C6H5.Sb.H/c1-3-5-7-9-8-6-4-2;4*1-2-4-6-5-3-1;;/h3H,1,4-9H2,2H3;4*1-5H;;. The van der Waals surface area contributed by atoms with Crippen LogP contribution in [0.3, 0.4) is 0 Å². The first-order chi connectivity index (χ1) is 16.8. The predicted molar refractivity (Wildman–Crippen MR) is 155 cm³/mol. The Labute approximate surface area is 211 Å². The minimum atomic E-state index is -3.31.